The van der Waals surface area contributed by atoms with Crippen LogP contribution in [0.15, 0.2) is 36.5 Å². The zero-order chi connectivity index (χ0) is 16.3. The second-order valence-electron chi connectivity index (χ2n) is 6.50. The van der Waals surface area contributed by atoms with E-state index in [4.69, 9.17) is 5.11 Å². The van der Waals surface area contributed by atoms with Gasteiger partial charge in [-0.1, -0.05) is 39.0 Å². The molecule has 116 valence electrons. The standard InChI is InChI=1S/C17H20N2O3/c1-17(2,3)11-19(10-14(20)21)16(22)13-8-4-6-12-7-5-9-18-15(12)13/h4-9H,10-11H2,1-3H3,(H,20,21). The van der Waals surface area contributed by atoms with Gasteiger partial charge in [-0.05, 0) is 17.5 Å². The number of rotatable bonds is 4. The predicted octanol–water partition coefficient (Wildman–Crippen LogP) is 2.81. The van der Waals surface area contributed by atoms with Gasteiger partial charge in [-0.15, -0.1) is 0 Å². The lowest BCUT2D eigenvalue weighted by Crippen LogP contribution is -2.41. The van der Waals surface area contributed by atoms with Gasteiger partial charge in [-0.3, -0.25) is 14.6 Å². The zero-order valence-corrected chi connectivity index (χ0v) is 13.0. The number of carbonyl (C=O) groups is 2. The lowest BCUT2D eigenvalue weighted by molar-refractivity contribution is -0.138. The van der Waals surface area contributed by atoms with Crippen LogP contribution in [0.25, 0.3) is 10.9 Å². The minimum atomic E-state index is -1.02. The van der Waals surface area contributed by atoms with Gasteiger partial charge in [0.2, 0.25) is 0 Å². The van der Waals surface area contributed by atoms with E-state index in [2.05, 4.69) is 4.98 Å². The highest BCUT2D eigenvalue weighted by Gasteiger charge is 2.25. The molecule has 1 aromatic heterocycles. The zero-order valence-electron chi connectivity index (χ0n) is 13.0. The fraction of sp³-hybridized carbons (Fsp3) is 0.353. The molecule has 0 saturated carbocycles. The Kier molecular flexibility index (Phi) is 4.45. The molecule has 2 rings (SSSR count). The maximum absolute atomic E-state index is 12.8. The maximum Gasteiger partial charge on any atom is 0.323 e. The van der Waals surface area contributed by atoms with Gasteiger partial charge in [0.15, 0.2) is 0 Å². The summed E-state index contributed by atoms with van der Waals surface area (Å²) in [4.78, 5) is 29.5. The molecule has 1 amide bonds. The van der Waals surface area contributed by atoms with Crippen LogP contribution >= 0.6 is 0 Å². The third kappa shape index (κ3) is 3.81. The highest BCUT2D eigenvalue weighted by molar-refractivity contribution is 6.06. The number of aliphatic carboxylic acids is 1. The first-order valence-corrected chi connectivity index (χ1v) is 7.13. The third-order valence-electron chi connectivity index (χ3n) is 3.14. The van der Waals surface area contributed by atoms with Crippen molar-refractivity contribution in [2.75, 3.05) is 13.1 Å². The van der Waals surface area contributed by atoms with Gasteiger partial charge in [0.05, 0.1) is 11.1 Å². The number of amides is 1. The van der Waals surface area contributed by atoms with Crippen molar-refractivity contribution in [2.45, 2.75) is 20.8 Å². The summed E-state index contributed by atoms with van der Waals surface area (Å²) >= 11 is 0. The number of carbonyl (C=O) groups excluding carboxylic acids is 1. The minimum Gasteiger partial charge on any atom is -0.480 e. The lowest BCUT2D eigenvalue weighted by Gasteiger charge is -2.29. The molecule has 0 radical (unpaired) electrons. The van der Waals surface area contributed by atoms with Gasteiger partial charge in [-0.25, -0.2) is 0 Å². The molecule has 1 N–H and O–H groups in total. The van der Waals surface area contributed by atoms with Crippen LogP contribution in [0.1, 0.15) is 31.1 Å². The van der Waals surface area contributed by atoms with E-state index in [1.54, 1.807) is 24.4 Å². The molecule has 0 spiro atoms. The molecule has 0 fully saturated rings. The quantitative estimate of drug-likeness (QED) is 0.942. The van der Waals surface area contributed by atoms with Gasteiger partial charge >= 0.3 is 5.97 Å². The van der Waals surface area contributed by atoms with Crippen LogP contribution in [-0.2, 0) is 4.79 Å². The molecule has 1 heterocycles. The van der Waals surface area contributed by atoms with E-state index in [-0.39, 0.29) is 17.9 Å². The van der Waals surface area contributed by atoms with E-state index in [1.165, 1.54) is 4.90 Å². The van der Waals surface area contributed by atoms with Crippen molar-refractivity contribution in [2.24, 2.45) is 5.41 Å². The predicted molar refractivity (Wildman–Crippen MR) is 84.7 cm³/mol. The molecule has 0 aliphatic rings. The van der Waals surface area contributed by atoms with E-state index >= 15 is 0 Å². The molecular weight excluding hydrogens is 280 g/mol. The number of pyridine rings is 1. The van der Waals surface area contributed by atoms with E-state index in [9.17, 15) is 9.59 Å². The molecular formula is C17H20N2O3. The summed E-state index contributed by atoms with van der Waals surface area (Å²) in [5, 5.41) is 9.94. The molecule has 5 heteroatoms. The van der Waals surface area contributed by atoms with Gasteiger partial charge in [-0.2, -0.15) is 0 Å². The van der Waals surface area contributed by atoms with Crippen molar-refractivity contribution in [3.8, 4) is 0 Å². The molecule has 22 heavy (non-hydrogen) atoms. The average Bonchev–Trinajstić information content (AvgIpc) is 2.43. The first-order valence-electron chi connectivity index (χ1n) is 7.13. The van der Waals surface area contributed by atoms with Crippen LogP contribution in [0.4, 0.5) is 0 Å². The van der Waals surface area contributed by atoms with Crippen molar-refractivity contribution in [3.63, 3.8) is 0 Å². The molecule has 0 bridgehead atoms. The number of carboxylic acids is 1. The van der Waals surface area contributed by atoms with Gasteiger partial charge in [0.25, 0.3) is 5.91 Å². The Balaban J connectivity index is 2.42. The van der Waals surface area contributed by atoms with Crippen molar-refractivity contribution >= 4 is 22.8 Å². The van der Waals surface area contributed by atoms with Crippen LogP contribution in [0.2, 0.25) is 0 Å². The fourth-order valence-corrected chi connectivity index (χ4v) is 2.38. The minimum absolute atomic E-state index is 0.191. The summed E-state index contributed by atoms with van der Waals surface area (Å²) in [6.07, 6.45) is 1.63. The first kappa shape index (κ1) is 15.9. The smallest absolute Gasteiger partial charge is 0.323 e. The van der Waals surface area contributed by atoms with Crippen LogP contribution in [0.3, 0.4) is 0 Å². The number of fused-ring (bicyclic) bond motifs is 1. The summed E-state index contributed by atoms with van der Waals surface area (Å²) in [6.45, 7) is 5.95. The van der Waals surface area contributed by atoms with Crippen molar-refractivity contribution in [1.82, 2.24) is 9.88 Å². The summed E-state index contributed by atoms with van der Waals surface area (Å²) < 4.78 is 0. The van der Waals surface area contributed by atoms with Crippen LogP contribution in [0.5, 0.6) is 0 Å². The third-order valence-corrected chi connectivity index (χ3v) is 3.14. The van der Waals surface area contributed by atoms with Crippen molar-refractivity contribution in [1.29, 1.82) is 0 Å². The summed E-state index contributed by atoms with van der Waals surface area (Å²) in [5.41, 5.74) is 0.839. The van der Waals surface area contributed by atoms with Crippen molar-refractivity contribution in [3.05, 3.63) is 42.1 Å². The number of hydrogen-bond acceptors (Lipinski definition) is 3. The highest BCUT2D eigenvalue weighted by atomic mass is 16.4. The fourth-order valence-electron chi connectivity index (χ4n) is 2.38. The second kappa shape index (κ2) is 6.13. The molecule has 0 unspecified atom stereocenters. The number of carboxylic acid groups (broad SMARTS) is 1. The molecule has 0 atom stereocenters. The van der Waals surface area contributed by atoms with Gasteiger partial charge < -0.3 is 10.0 Å². The lowest BCUT2D eigenvalue weighted by atomic mass is 9.95. The Hall–Kier alpha value is -2.43. The van der Waals surface area contributed by atoms with Gasteiger partial charge in [0.1, 0.15) is 6.54 Å². The Labute approximate surface area is 129 Å². The van der Waals surface area contributed by atoms with E-state index in [0.29, 0.717) is 17.6 Å². The molecule has 0 saturated heterocycles. The number of benzene rings is 1. The first-order chi connectivity index (χ1) is 10.3. The largest absolute Gasteiger partial charge is 0.480 e. The average molecular weight is 300 g/mol. The molecule has 0 aliphatic carbocycles. The number of para-hydroxylation sites is 1. The molecule has 0 aliphatic heterocycles. The summed E-state index contributed by atoms with van der Waals surface area (Å²) in [7, 11) is 0. The van der Waals surface area contributed by atoms with Crippen LogP contribution in [0, 0.1) is 5.41 Å². The highest BCUT2D eigenvalue weighted by Crippen LogP contribution is 2.21. The van der Waals surface area contributed by atoms with Crippen molar-refractivity contribution < 1.29 is 14.7 Å². The summed E-state index contributed by atoms with van der Waals surface area (Å²) in [6, 6.07) is 9.04. The van der Waals surface area contributed by atoms with Crippen LogP contribution in [-0.4, -0.2) is 40.0 Å². The van der Waals surface area contributed by atoms with E-state index in [0.717, 1.165) is 5.39 Å². The molecule has 1 aromatic carbocycles. The SMILES string of the molecule is CC(C)(C)CN(CC(=O)O)C(=O)c1cccc2cccnc12. The Morgan fingerprint density at radius 1 is 1.18 bits per heavy atom. The number of hydrogen-bond donors (Lipinski definition) is 1. The second-order valence-corrected chi connectivity index (χ2v) is 6.50. The molecule has 2 aromatic rings. The van der Waals surface area contributed by atoms with Crippen LogP contribution < -0.4 is 0 Å². The topological polar surface area (TPSA) is 70.5 Å². The summed E-state index contributed by atoms with van der Waals surface area (Å²) in [5.74, 6) is -1.33. The van der Waals surface area contributed by atoms with E-state index in [1.807, 2.05) is 32.9 Å². The Bertz CT molecular complexity index is 699. The Morgan fingerprint density at radius 3 is 2.50 bits per heavy atom. The number of aromatic nitrogens is 1. The number of nitrogens with zero attached hydrogens (tertiary/aromatic N) is 2. The Morgan fingerprint density at radius 2 is 1.86 bits per heavy atom. The van der Waals surface area contributed by atoms with Gasteiger partial charge in [0, 0.05) is 18.1 Å². The monoisotopic (exact) mass is 300 g/mol. The normalized spacial score (nSPS) is 11.4. The molecule has 5 nitrogen and oxygen atoms in total. The maximum atomic E-state index is 12.8. The van der Waals surface area contributed by atoms with E-state index < -0.39 is 5.97 Å².